The van der Waals surface area contributed by atoms with Gasteiger partial charge in [-0.25, -0.2) is 0 Å². The van der Waals surface area contributed by atoms with E-state index in [9.17, 15) is 0 Å². The molecule has 1 heterocycles. The maximum Gasteiger partial charge on any atom is 0.101 e. The van der Waals surface area contributed by atoms with Gasteiger partial charge in [-0.15, -0.1) is 0 Å². The number of unbranched alkanes of at least 4 members (excludes halogenated alkanes) is 1. The SMILES string of the molecule is CN(CCCCC(C)(N)C#N)CC1CCCO1. The lowest BCUT2D eigenvalue weighted by atomic mass is 9.98. The smallest absolute Gasteiger partial charge is 0.101 e. The number of hydrogen-bond acceptors (Lipinski definition) is 4. The molecule has 0 radical (unpaired) electrons. The molecule has 1 fully saturated rings. The van der Waals surface area contributed by atoms with Crippen molar-refractivity contribution in [1.82, 2.24) is 4.90 Å². The van der Waals surface area contributed by atoms with Crippen LogP contribution in [0.1, 0.15) is 39.0 Å². The molecule has 98 valence electrons. The summed E-state index contributed by atoms with van der Waals surface area (Å²) in [4.78, 5) is 2.32. The van der Waals surface area contributed by atoms with Gasteiger partial charge in [0.05, 0.1) is 12.2 Å². The molecule has 0 amide bonds. The van der Waals surface area contributed by atoms with Crippen molar-refractivity contribution >= 4 is 0 Å². The second-order valence-corrected chi connectivity index (χ2v) is 5.38. The van der Waals surface area contributed by atoms with Gasteiger partial charge >= 0.3 is 0 Å². The van der Waals surface area contributed by atoms with Gasteiger partial charge in [0.25, 0.3) is 0 Å². The van der Waals surface area contributed by atoms with Gasteiger partial charge in [0.1, 0.15) is 5.54 Å². The first kappa shape index (κ1) is 14.4. The van der Waals surface area contributed by atoms with Crippen molar-refractivity contribution in [3.8, 4) is 6.07 Å². The molecular formula is C13H25N3O. The zero-order chi connectivity index (χ0) is 12.7. The summed E-state index contributed by atoms with van der Waals surface area (Å²) in [6.07, 6.45) is 5.70. The fourth-order valence-electron chi connectivity index (χ4n) is 2.16. The van der Waals surface area contributed by atoms with Gasteiger partial charge in [0, 0.05) is 13.2 Å². The Kier molecular flexibility index (Phi) is 5.90. The highest BCUT2D eigenvalue weighted by atomic mass is 16.5. The molecule has 4 heteroatoms. The van der Waals surface area contributed by atoms with E-state index >= 15 is 0 Å². The van der Waals surface area contributed by atoms with Gasteiger partial charge < -0.3 is 15.4 Å². The lowest BCUT2D eigenvalue weighted by Gasteiger charge is -2.21. The van der Waals surface area contributed by atoms with Gasteiger partial charge in [-0.2, -0.15) is 5.26 Å². The van der Waals surface area contributed by atoms with E-state index in [1.165, 1.54) is 12.8 Å². The molecule has 0 saturated carbocycles. The molecule has 1 rings (SSSR count). The van der Waals surface area contributed by atoms with Crippen molar-refractivity contribution in [3.05, 3.63) is 0 Å². The highest BCUT2D eigenvalue weighted by Gasteiger charge is 2.18. The summed E-state index contributed by atoms with van der Waals surface area (Å²) < 4.78 is 5.60. The molecule has 2 N–H and O–H groups in total. The Morgan fingerprint density at radius 3 is 2.88 bits per heavy atom. The molecule has 0 aromatic rings. The van der Waals surface area contributed by atoms with Crippen molar-refractivity contribution in [2.24, 2.45) is 5.73 Å². The maximum atomic E-state index is 8.79. The Bertz CT molecular complexity index is 254. The molecule has 0 spiro atoms. The van der Waals surface area contributed by atoms with Gasteiger partial charge in [0.15, 0.2) is 0 Å². The molecule has 0 bridgehead atoms. The van der Waals surface area contributed by atoms with Gasteiger partial charge in [-0.05, 0) is 52.6 Å². The highest BCUT2D eigenvalue weighted by Crippen LogP contribution is 2.14. The van der Waals surface area contributed by atoms with Crippen LogP contribution in [0, 0.1) is 11.3 Å². The van der Waals surface area contributed by atoms with E-state index in [-0.39, 0.29) is 0 Å². The number of rotatable bonds is 7. The van der Waals surface area contributed by atoms with Crippen LogP contribution in [0.15, 0.2) is 0 Å². The quantitative estimate of drug-likeness (QED) is 0.684. The summed E-state index contributed by atoms with van der Waals surface area (Å²) in [5.74, 6) is 0. The average Bonchev–Trinajstić information content (AvgIpc) is 2.77. The van der Waals surface area contributed by atoms with Crippen LogP contribution in [0.3, 0.4) is 0 Å². The Balaban J connectivity index is 2.04. The third-order valence-corrected chi connectivity index (χ3v) is 3.28. The minimum absolute atomic E-state index is 0.430. The van der Waals surface area contributed by atoms with Crippen molar-refractivity contribution in [3.63, 3.8) is 0 Å². The van der Waals surface area contributed by atoms with Crippen LogP contribution in [0.25, 0.3) is 0 Å². The zero-order valence-corrected chi connectivity index (χ0v) is 11.1. The normalized spacial score (nSPS) is 23.6. The van der Waals surface area contributed by atoms with Crippen LogP contribution in [0.5, 0.6) is 0 Å². The summed E-state index contributed by atoms with van der Waals surface area (Å²) in [6, 6.07) is 2.13. The van der Waals surface area contributed by atoms with Crippen molar-refractivity contribution in [2.45, 2.75) is 50.7 Å². The summed E-state index contributed by atoms with van der Waals surface area (Å²) in [5.41, 5.74) is 5.11. The second-order valence-electron chi connectivity index (χ2n) is 5.38. The Hall–Kier alpha value is -0.630. The monoisotopic (exact) mass is 239 g/mol. The summed E-state index contributed by atoms with van der Waals surface area (Å²) in [5, 5.41) is 8.79. The molecule has 0 aromatic heterocycles. The van der Waals surface area contributed by atoms with E-state index in [1.807, 2.05) is 0 Å². The first-order chi connectivity index (χ1) is 8.03. The van der Waals surface area contributed by atoms with Crippen LogP contribution in [-0.4, -0.2) is 43.3 Å². The lowest BCUT2D eigenvalue weighted by molar-refractivity contribution is 0.0807. The zero-order valence-electron chi connectivity index (χ0n) is 11.1. The molecule has 17 heavy (non-hydrogen) atoms. The number of hydrogen-bond donors (Lipinski definition) is 1. The molecule has 2 unspecified atom stereocenters. The molecule has 2 atom stereocenters. The second kappa shape index (κ2) is 6.95. The third kappa shape index (κ3) is 6.02. The van der Waals surface area contributed by atoms with E-state index in [2.05, 4.69) is 18.0 Å². The molecule has 1 saturated heterocycles. The van der Waals surface area contributed by atoms with E-state index in [1.54, 1.807) is 6.92 Å². The number of nitrogens with two attached hydrogens (primary N) is 1. The molecule has 0 aromatic carbocycles. The van der Waals surface area contributed by atoms with Crippen LogP contribution in [-0.2, 0) is 4.74 Å². The molecule has 4 nitrogen and oxygen atoms in total. The minimum Gasteiger partial charge on any atom is -0.377 e. The molecular weight excluding hydrogens is 214 g/mol. The van der Waals surface area contributed by atoms with Crippen LogP contribution >= 0.6 is 0 Å². The lowest BCUT2D eigenvalue weighted by Crippen LogP contribution is -2.34. The topological polar surface area (TPSA) is 62.3 Å². The molecule has 1 aliphatic heterocycles. The minimum atomic E-state index is -0.660. The van der Waals surface area contributed by atoms with E-state index in [0.29, 0.717) is 6.10 Å². The highest BCUT2D eigenvalue weighted by molar-refractivity contribution is 5.00. The fraction of sp³-hybridized carbons (Fsp3) is 0.923. The summed E-state index contributed by atoms with van der Waals surface area (Å²) in [7, 11) is 2.13. The Morgan fingerprint density at radius 1 is 1.53 bits per heavy atom. The third-order valence-electron chi connectivity index (χ3n) is 3.28. The van der Waals surface area contributed by atoms with E-state index in [4.69, 9.17) is 15.7 Å². The Morgan fingerprint density at radius 2 is 2.29 bits per heavy atom. The molecule has 1 aliphatic rings. The van der Waals surface area contributed by atoms with Crippen molar-refractivity contribution in [1.29, 1.82) is 5.26 Å². The van der Waals surface area contributed by atoms with Crippen molar-refractivity contribution < 1.29 is 4.74 Å². The standard InChI is InChI=1S/C13H25N3O/c1-13(15,11-14)7-3-4-8-16(2)10-12-6-5-9-17-12/h12H,3-10,15H2,1-2H3. The summed E-state index contributed by atoms with van der Waals surface area (Å²) in [6.45, 7) is 4.80. The number of ether oxygens (including phenoxy) is 1. The van der Waals surface area contributed by atoms with Crippen LogP contribution < -0.4 is 5.73 Å². The van der Waals surface area contributed by atoms with Gasteiger partial charge in [-0.1, -0.05) is 0 Å². The number of likely N-dealkylation sites (N-methyl/N-ethyl adjacent to an activating group) is 1. The largest absolute Gasteiger partial charge is 0.377 e. The van der Waals surface area contributed by atoms with Gasteiger partial charge in [0.2, 0.25) is 0 Å². The summed E-state index contributed by atoms with van der Waals surface area (Å²) >= 11 is 0. The predicted molar refractivity (Wildman–Crippen MR) is 68.5 cm³/mol. The number of nitrogens with zero attached hydrogens (tertiary/aromatic N) is 2. The van der Waals surface area contributed by atoms with Gasteiger partial charge in [-0.3, -0.25) is 0 Å². The fourth-order valence-corrected chi connectivity index (χ4v) is 2.16. The first-order valence-corrected chi connectivity index (χ1v) is 6.54. The Labute approximate surface area is 105 Å². The predicted octanol–water partition coefficient (Wildman–Crippen LogP) is 1.51. The van der Waals surface area contributed by atoms with Crippen LogP contribution in [0.2, 0.25) is 0 Å². The van der Waals surface area contributed by atoms with Crippen LogP contribution in [0.4, 0.5) is 0 Å². The average molecular weight is 239 g/mol. The molecule has 0 aliphatic carbocycles. The number of nitriles is 1. The van der Waals surface area contributed by atoms with E-state index < -0.39 is 5.54 Å². The maximum absolute atomic E-state index is 8.79. The van der Waals surface area contributed by atoms with Crippen molar-refractivity contribution in [2.75, 3.05) is 26.7 Å². The van der Waals surface area contributed by atoms with E-state index in [0.717, 1.165) is 39.0 Å². The first-order valence-electron chi connectivity index (χ1n) is 6.54.